The minimum atomic E-state index is -0.354. The SMILES string of the molecule is COc1ccc(C(=O)Nc2cc(NC(=O)c3cccc(OCc4ccccc4)c3)ccc2CN)cc1OC. The predicted octanol–water partition coefficient (Wildman–Crippen LogP) is 5.25. The van der Waals surface area contributed by atoms with Gasteiger partial charge in [-0.25, -0.2) is 0 Å². The predicted molar refractivity (Wildman–Crippen MR) is 147 cm³/mol. The van der Waals surface area contributed by atoms with E-state index >= 15 is 0 Å². The molecule has 8 heteroatoms. The van der Waals surface area contributed by atoms with E-state index in [4.69, 9.17) is 19.9 Å². The van der Waals surface area contributed by atoms with Crippen molar-refractivity contribution in [2.45, 2.75) is 13.2 Å². The van der Waals surface area contributed by atoms with Crippen molar-refractivity contribution in [3.05, 3.63) is 113 Å². The summed E-state index contributed by atoms with van der Waals surface area (Å²) in [5.41, 5.74) is 9.45. The molecule has 4 aromatic rings. The zero-order valence-electron chi connectivity index (χ0n) is 21.2. The molecule has 0 saturated carbocycles. The number of amides is 2. The van der Waals surface area contributed by atoms with Gasteiger partial charge in [0.05, 0.1) is 14.2 Å². The van der Waals surface area contributed by atoms with Crippen molar-refractivity contribution in [1.82, 2.24) is 0 Å². The number of anilines is 2. The quantitative estimate of drug-likeness (QED) is 0.268. The molecule has 0 heterocycles. The Labute approximate surface area is 221 Å². The lowest BCUT2D eigenvalue weighted by molar-refractivity contribution is 0.101. The molecule has 4 N–H and O–H groups in total. The molecule has 0 atom stereocenters. The zero-order chi connectivity index (χ0) is 26.9. The number of carbonyl (C=O) groups is 2. The second-order valence-electron chi connectivity index (χ2n) is 8.36. The zero-order valence-corrected chi connectivity index (χ0v) is 21.2. The van der Waals surface area contributed by atoms with Crippen LogP contribution in [-0.4, -0.2) is 26.0 Å². The third-order valence-corrected chi connectivity index (χ3v) is 5.83. The van der Waals surface area contributed by atoms with Crippen LogP contribution in [0.5, 0.6) is 17.2 Å². The number of nitrogens with two attached hydrogens (primary N) is 1. The van der Waals surface area contributed by atoms with Crippen LogP contribution in [0.1, 0.15) is 31.8 Å². The van der Waals surface area contributed by atoms with Gasteiger partial charge in [-0.15, -0.1) is 0 Å². The van der Waals surface area contributed by atoms with Crippen LogP contribution in [0.3, 0.4) is 0 Å². The van der Waals surface area contributed by atoms with Gasteiger partial charge in [-0.1, -0.05) is 42.5 Å². The van der Waals surface area contributed by atoms with Crippen LogP contribution in [0.25, 0.3) is 0 Å². The molecule has 194 valence electrons. The van der Waals surface area contributed by atoms with E-state index in [1.54, 1.807) is 60.7 Å². The van der Waals surface area contributed by atoms with Gasteiger partial charge in [-0.2, -0.15) is 0 Å². The van der Waals surface area contributed by atoms with E-state index < -0.39 is 0 Å². The molecule has 0 spiro atoms. The van der Waals surface area contributed by atoms with Crippen molar-refractivity contribution in [3.8, 4) is 17.2 Å². The normalized spacial score (nSPS) is 10.4. The molecule has 38 heavy (non-hydrogen) atoms. The lowest BCUT2D eigenvalue weighted by Crippen LogP contribution is -2.16. The Morgan fingerprint density at radius 3 is 2.21 bits per heavy atom. The van der Waals surface area contributed by atoms with E-state index in [1.165, 1.54) is 14.2 Å². The van der Waals surface area contributed by atoms with Gasteiger partial charge < -0.3 is 30.6 Å². The van der Waals surface area contributed by atoms with Crippen LogP contribution >= 0.6 is 0 Å². The fourth-order valence-corrected chi connectivity index (χ4v) is 3.79. The van der Waals surface area contributed by atoms with Crippen molar-refractivity contribution in [2.24, 2.45) is 5.73 Å². The van der Waals surface area contributed by atoms with E-state index in [9.17, 15) is 9.59 Å². The van der Waals surface area contributed by atoms with Crippen molar-refractivity contribution in [2.75, 3.05) is 24.9 Å². The summed E-state index contributed by atoms with van der Waals surface area (Å²) < 4.78 is 16.4. The number of hydrogen-bond donors (Lipinski definition) is 3. The first-order chi connectivity index (χ1) is 18.5. The molecule has 0 radical (unpaired) electrons. The Morgan fingerprint density at radius 2 is 1.47 bits per heavy atom. The first-order valence-corrected chi connectivity index (χ1v) is 11.9. The van der Waals surface area contributed by atoms with Gasteiger partial charge in [0.1, 0.15) is 12.4 Å². The van der Waals surface area contributed by atoms with E-state index in [-0.39, 0.29) is 18.4 Å². The number of carbonyl (C=O) groups excluding carboxylic acids is 2. The van der Waals surface area contributed by atoms with Crippen LogP contribution in [0, 0.1) is 0 Å². The number of hydrogen-bond acceptors (Lipinski definition) is 6. The van der Waals surface area contributed by atoms with Gasteiger partial charge in [-0.05, 0) is 59.7 Å². The van der Waals surface area contributed by atoms with Gasteiger partial charge in [0.2, 0.25) is 0 Å². The number of nitrogens with one attached hydrogen (secondary N) is 2. The van der Waals surface area contributed by atoms with Gasteiger partial charge >= 0.3 is 0 Å². The summed E-state index contributed by atoms with van der Waals surface area (Å²) in [6.07, 6.45) is 0. The second kappa shape index (κ2) is 12.4. The van der Waals surface area contributed by atoms with Gasteiger partial charge in [0.25, 0.3) is 11.8 Å². The van der Waals surface area contributed by atoms with Crippen LogP contribution in [-0.2, 0) is 13.2 Å². The van der Waals surface area contributed by atoms with Gasteiger partial charge in [0, 0.05) is 29.0 Å². The number of ether oxygens (including phenoxy) is 3. The average molecular weight is 512 g/mol. The fraction of sp³-hybridized carbons (Fsp3) is 0.133. The number of benzene rings is 4. The standard InChI is InChI=1S/C30H29N3O5/c1-36-27-14-12-22(16-28(27)37-2)30(35)33-26-17-24(13-11-23(26)18-31)32-29(34)21-9-6-10-25(15-21)38-19-20-7-4-3-5-8-20/h3-17H,18-19,31H2,1-2H3,(H,32,34)(H,33,35). The third kappa shape index (κ3) is 6.48. The smallest absolute Gasteiger partial charge is 0.255 e. The van der Waals surface area contributed by atoms with Gasteiger partial charge in [-0.3, -0.25) is 9.59 Å². The summed E-state index contributed by atoms with van der Waals surface area (Å²) in [6.45, 7) is 0.603. The summed E-state index contributed by atoms with van der Waals surface area (Å²) in [7, 11) is 3.03. The molecule has 2 amide bonds. The highest BCUT2D eigenvalue weighted by molar-refractivity contribution is 6.07. The van der Waals surface area contributed by atoms with Crippen molar-refractivity contribution in [1.29, 1.82) is 0 Å². The first-order valence-electron chi connectivity index (χ1n) is 11.9. The topological polar surface area (TPSA) is 112 Å². The summed E-state index contributed by atoms with van der Waals surface area (Å²) in [5, 5.41) is 5.75. The molecule has 0 bridgehead atoms. The summed E-state index contributed by atoms with van der Waals surface area (Å²) in [6, 6.07) is 26.8. The van der Waals surface area contributed by atoms with E-state index in [0.717, 1.165) is 5.56 Å². The Bertz CT molecular complexity index is 1420. The Kier molecular flexibility index (Phi) is 8.58. The monoisotopic (exact) mass is 511 g/mol. The van der Waals surface area contributed by atoms with Crippen LogP contribution in [0.2, 0.25) is 0 Å². The van der Waals surface area contributed by atoms with Gasteiger partial charge in [0.15, 0.2) is 11.5 Å². The average Bonchev–Trinajstić information content (AvgIpc) is 2.96. The maximum absolute atomic E-state index is 13.0. The first kappa shape index (κ1) is 26.2. The van der Waals surface area contributed by atoms with E-state index in [1.807, 2.05) is 30.3 Å². The van der Waals surface area contributed by atoms with Crippen molar-refractivity contribution in [3.63, 3.8) is 0 Å². The van der Waals surface area contributed by atoms with Crippen LogP contribution in [0.15, 0.2) is 91.0 Å². The summed E-state index contributed by atoms with van der Waals surface area (Å²) in [4.78, 5) is 25.9. The third-order valence-electron chi connectivity index (χ3n) is 5.83. The number of rotatable bonds is 10. The number of methoxy groups -OCH3 is 2. The lowest BCUT2D eigenvalue weighted by Gasteiger charge is -2.14. The molecule has 0 aliphatic heterocycles. The molecule has 0 aliphatic rings. The minimum Gasteiger partial charge on any atom is -0.493 e. The highest BCUT2D eigenvalue weighted by Crippen LogP contribution is 2.29. The van der Waals surface area contributed by atoms with Crippen LogP contribution in [0.4, 0.5) is 11.4 Å². The minimum absolute atomic E-state index is 0.205. The molecule has 0 unspecified atom stereocenters. The molecular formula is C30H29N3O5. The Morgan fingerprint density at radius 1 is 0.737 bits per heavy atom. The fourth-order valence-electron chi connectivity index (χ4n) is 3.79. The van der Waals surface area contributed by atoms with Crippen molar-refractivity contribution >= 4 is 23.2 Å². The molecule has 8 nitrogen and oxygen atoms in total. The maximum Gasteiger partial charge on any atom is 0.255 e. The highest BCUT2D eigenvalue weighted by atomic mass is 16.5. The molecule has 0 aromatic heterocycles. The van der Waals surface area contributed by atoms with Crippen molar-refractivity contribution < 1.29 is 23.8 Å². The molecule has 0 saturated heterocycles. The van der Waals surface area contributed by atoms with E-state index in [0.29, 0.717) is 51.9 Å². The Hall–Kier alpha value is -4.82. The molecule has 0 fully saturated rings. The lowest BCUT2D eigenvalue weighted by atomic mass is 10.1. The molecule has 4 rings (SSSR count). The maximum atomic E-state index is 13.0. The highest BCUT2D eigenvalue weighted by Gasteiger charge is 2.14. The Balaban J connectivity index is 1.47. The largest absolute Gasteiger partial charge is 0.493 e. The molecule has 0 aliphatic carbocycles. The molecular weight excluding hydrogens is 482 g/mol. The second-order valence-corrected chi connectivity index (χ2v) is 8.36. The van der Waals surface area contributed by atoms with E-state index in [2.05, 4.69) is 10.6 Å². The summed E-state index contributed by atoms with van der Waals surface area (Å²) in [5.74, 6) is 0.879. The summed E-state index contributed by atoms with van der Waals surface area (Å²) >= 11 is 0. The van der Waals surface area contributed by atoms with Crippen LogP contribution < -0.4 is 30.6 Å². The molecule has 4 aromatic carbocycles.